The van der Waals surface area contributed by atoms with Gasteiger partial charge in [0.05, 0.1) is 0 Å². The summed E-state index contributed by atoms with van der Waals surface area (Å²) in [5.41, 5.74) is 2.28. The summed E-state index contributed by atoms with van der Waals surface area (Å²) in [4.78, 5) is 27.3. The van der Waals surface area contributed by atoms with Gasteiger partial charge < -0.3 is 15.5 Å². The van der Waals surface area contributed by atoms with Crippen molar-refractivity contribution >= 4 is 40.6 Å². The van der Waals surface area contributed by atoms with E-state index in [0.29, 0.717) is 11.4 Å². The van der Waals surface area contributed by atoms with E-state index in [9.17, 15) is 9.59 Å². The Labute approximate surface area is 152 Å². The third-order valence-corrected chi connectivity index (χ3v) is 4.51. The highest BCUT2D eigenvalue weighted by Crippen LogP contribution is 2.20. The molecule has 0 atom stereocenters. The molecule has 2 aromatic carbocycles. The number of anilines is 3. The molecule has 0 saturated heterocycles. The van der Waals surface area contributed by atoms with Crippen LogP contribution in [-0.4, -0.2) is 31.2 Å². The second-order valence-corrected chi connectivity index (χ2v) is 6.24. The van der Waals surface area contributed by atoms with Crippen LogP contribution in [-0.2, 0) is 9.59 Å². The van der Waals surface area contributed by atoms with E-state index in [4.69, 9.17) is 0 Å². The predicted octanol–water partition coefficient (Wildman–Crippen LogP) is 3.83. The maximum Gasteiger partial charge on any atom is 0.314 e. The maximum absolute atomic E-state index is 12.1. The van der Waals surface area contributed by atoms with Crippen LogP contribution in [0.1, 0.15) is 13.8 Å². The van der Waals surface area contributed by atoms with Gasteiger partial charge in [-0.1, -0.05) is 6.07 Å². The molecule has 0 unspecified atom stereocenters. The highest BCUT2D eigenvalue weighted by molar-refractivity contribution is 7.98. The van der Waals surface area contributed by atoms with E-state index in [1.54, 1.807) is 30.0 Å². The Hall–Kier alpha value is -2.47. The summed E-state index contributed by atoms with van der Waals surface area (Å²) < 4.78 is 0. The smallest absolute Gasteiger partial charge is 0.314 e. The monoisotopic (exact) mass is 357 g/mol. The Morgan fingerprint density at radius 2 is 1.52 bits per heavy atom. The summed E-state index contributed by atoms with van der Waals surface area (Å²) >= 11 is 1.57. The number of thioether (sulfide) groups is 1. The zero-order valence-electron chi connectivity index (χ0n) is 14.7. The van der Waals surface area contributed by atoms with Crippen LogP contribution in [0.4, 0.5) is 17.1 Å². The summed E-state index contributed by atoms with van der Waals surface area (Å²) in [5.74, 6) is -1.38. The second-order valence-electron chi connectivity index (χ2n) is 5.36. The second kappa shape index (κ2) is 9.13. The highest BCUT2D eigenvalue weighted by Gasteiger charge is 2.14. The Morgan fingerprint density at radius 1 is 0.920 bits per heavy atom. The average molecular weight is 357 g/mol. The van der Waals surface area contributed by atoms with Crippen LogP contribution in [0.2, 0.25) is 0 Å². The van der Waals surface area contributed by atoms with Crippen molar-refractivity contribution in [1.29, 1.82) is 0 Å². The van der Waals surface area contributed by atoms with Gasteiger partial charge in [0, 0.05) is 35.0 Å². The number of benzene rings is 2. The van der Waals surface area contributed by atoms with Gasteiger partial charge in [0.25, 0.3) is 0 Å². The topological polar surface area (TPSA) is 61.4 Å². The van der Waals surface area contributed by atoms with Crippen LogP contribution in [0, 0.1) is 0 Å². The molecule has 5 nitrogen and oxygen atoms in total. The van der Waals surface area contributed by atoms with Crippen LogP contribution >= 0.6 is 11.8 Å². The van der Waals surface area contributed by atoms with E-state index in [-0.39, 0.29) is 0 Å². The lowest BCUT2D eigenvalue weighted by Crippen LogP contribution is -2.29. The number of carbonyl (C=O) groups excluding carboxylic acids is 2. The van der Waals surface area contributed by atoms with Crippen molar-refractivity contribution in [2.75, 3.05) is 34.9 Å². The first-order valence-corrected chi connectivity index (χ1v) is 9.41. The van der Waals surface area contributed by atoms with Crippen LogP contribution in [0.3, 0.4) is 0 Å². The number of amides is 2. The molecule has 0 aliphatic rings. The fraction of sp³-hybridized carbons (Fsp3) is 0.263. The molecule has 0 bridgehead atoms. The Morgan fingerprint density at radius 3 is 2.08 bits per heavy atom. The van der Waals surface area contributed by atoms with E-state index in [1.807, 2.05) is 36.6 Å². The Bertz CT molecular complexity index is 728. The zero-order chi connectivity index (χ0) is 18.2. The molecule has 0 aliphatic heterocycles. The highest BCUT2D eigenvalue weighted by atomic mass is 32.2. The van der Waals surface area contributed by atoms with Crippen LogP contribution < -0.4 is 15.5 Å². The molecule has 132 valence electrons. The minimum atomic E-state index is -0.690. The molecule has 6 heteroatoms. The van der Waals surface area contributed by atoms with E-state index >= 15 is 0 Å². The van der Waals surface area contributed by atoms with Gasteiger partial charge >= 0.3 is 11.8 Å². The number of nitrogens with zero attached hydrogens (tertiary/aromatic N) is 1. The molecule has 0 heterocycles. The molecule has 2 amide bonds. The van der Waals surface area contributed by atoms with Gasteiger partial charge in [-0.2, -0.15) is 0 Å². The van der Waals surface area contributed by atoms with Gasteiger partial charge in [-0.25, -0.2) is 0 Å². The molecular formula is C19H23N3O2S. The molecule has 2 rings (SSSR count). The lowest BCUT2D eigenvalue weighted by molar-refractivity contribution is -0.132. The first kappa shape index (κ1) is 18.9. The van der Waals surface area contributed by atoms with Crippen molar-refractivity contribution in [1.82, 2.24) is 0 Å². The minimum absolute atomic E-state index is 0.592. The molecule has 25 heavy (non-hydrogen) atoms. The third-order valence-electron chi connectivity index (χ3n) is 3.79. The first-order chi connectivity index (χ1) is 12.1. The van der Waals surface area contributed by atoms with Crippen LogP contribution in [0.25, 0.3) is 0 Å². The largest absolute Gasteiger partial charge is 0.372 e. The quantitative estimate of drug-likeness (QED) is 0.609. The van der Waals surface area contributed by atoms with Crippen molar-refractivity contribution in [3.8, 4) is 0 Å². The van der Waals surface area contributed by atoms with Crippen LogP contribution in [0.15, 0.2) is 53.4 Å². The lowest BCUT2D eigenvalue weighted by Gasteiger charge is -2.21. The molecule has 2 N–H and O–H groups in total. The van der Waals surface area contributed by atoms with E-state index in [0.717, 1.165) is 23.7 Å². The summed E-state index contributed by atoms with van der Waals surface area (Å²) in [6.07, 6.45) is 1.95. The third kappa shape index (κ3) is 5.26. The minimum Gasteiger partial charge on any atom is -0.372 e. The number of carbonyl (C=O) groups is 2. The predicted molar refractivity (Wildman–Crippen MR) is 105 cm³/mol. The lowest BCUT2D eigenvalue weighted by atomic mass is 10.2. The van der Waals surface area contributed by atoms with E-state index < -0.39 is 11.8 Å². The van der Waals surface area contributed by atoms with Crippen molar-refractivity contribution in [3.05, 3.63) is 48.5 Å². The van der Waals surface area contributed by atoms with Gasteiger partial charge in [-0.15, -0.1) is 11.8 Å². The number of hydrogen-bond acceptors (Lipinski definition) is 4. The average Bonchev–Trinajstić information content (AvgIpc) is 2.64. The van der Waals surface area contributed by atoms with Crippen molar-refractivity contribution in [2.24, 2.45) is 0 Å². The molecule has 0 aromatic heterocycles. The van der Waals surface area contributed by atoms with Crippen molar-refractivity contribution in [2.45, 2.75) is 18.7 Å². The Balaban J connectivity index is 1.97. The molecule has 0 radical (unpaired) electrons. The van der Waals surface area contributed by atoms with E-state index in [1.165, 1.54) is 0 Å². The van der Waals surface area contributed by atoms with Crippen molar-refractivity contribution < 1.29 is 9.59 Å². The number of hydrogen-bond donors (Lipinski definition) is 2. The van der Waals surface area contributed by atoms with Gasteiger partial charge in [-0.3, -0.25) is 9.59 Å². The first-order valence-electron chi connectivity index (χ1n) is 8.18. The fourth-order valence-electron chi connectivity index (χ4n) is 2.42. The van der Waals surface area contributed by atoms with Gasteiger partial charge in [0.2, 0.25) is 0 Å². The molecule has 0 spiro atoms. The SMILES string of the molecule is CCN(CC)c1ccc(NC(=O)C(=O)Nc2cccc(SC)c2)cc1. The van der Waals surface area contributed by atoms with Crippen LogP contribution in [0.5, 0.6) is 0 Å². The summed E-state index contributed by atoms with van der Waals surface area (Å²) in [6, 6.07) is 14.8. The standard InChI is InChI=1S/C19H23N3O2S/c1-4-22(5-2)16-11-9-14(10-12-16)20-18(23)19(24)21-15-7-6-8-17(13-15)25-3/h6-13H,4-5H2,1-3H3,(H,20,23)(H,21,24). The van der Waals surface area contributed by atoms with Gasteiger partial charge in [-0.05, 0) is 62.6 Å². The fourth-order valence-corrected chi connectivity index (χ4v) is 2.88. The summed E-state index contributed by atoms with van der Waals surface area (Å²) in [7, 11) is 0. The molecular weight excluding hydrogens is 334 g/mol. The molecule has 0 saturated carbocycles. The molecule has 0 fully saturated rings. The van der Waals surface area contributed by atoms with Gasteiger partial charge in [0.1, 0.15) is 0 Å². The van der Waals surface area contributed by atoms with Gasteiger partial charge in [0.15, 0.2) is 0 Å². The number of rotatable bonds is 6. The molecule has 0 aliphatic carbocycles. The normalized spacial score (nSPS) is 10.2. The molecule has 2 aromatic rings. The maximum atomic E-state index is 12.1. The number of nitrogens with one attached hydrogen (secondary N) is 2. The summed E-state index contributed by atoms with van der Waals surface area (Å²) in [6.45, 7) is 6.02. The Kier molecular flexibility index (Phi) is 6.89. The van der Waals surface area contributed by atoms with Crippen molar-refractivity contribution in [3.63, 3.8) is 0 Å². The zero-order valence-corrected chi connectivity index (χ0v) is 15.5. The van der Waals surface area contributed by atoms with E-state index in [2.05, 4.69) is 29.4 Å². The summed E-state index contributed by atoms with van der Waals surface area (Å²) in [5, 5.41) is 5.23.